The lowest BCUT2D eigenvalue weighted by molar-refractivity contribution is -0.385. The number of nitro benzene ring substituents is 1. The fourth-order valence-electron chi connectivity index (χ4n) is 1.68. The highest BCUT2D eigenvalue weighted by Gasteiger charge is 2.27. The number of amides is 1. The molecule has 6 nitrogen and oxygen atoms in total. The van der Waals surface area contributed by atoms with Gasteiger partial charge in [0.05, 0.1) is 17.0 Å². The van der Waals surface area contributed by atoms with E-state index < -0.39 is 41.3 Å². The summed E-state index contributed by atoms with van der Waals surface area (Å²) < 4.78 is 24.9. The molecule has 0 spiro atoms. The van der Waals surface area contributed by atoms with Crippen LogP contribution >= 0.6 is 0 Å². The molecule has 0 aromatic heterocycles. The van der Waals surface area contributed by atoms with Gasteiger partial charge in [-0.3, -0.25) is 14.9 Å². The number of hydrogen-bond donors (Lipinski definition) is 1. The van der Waals surface area contributed by atoms with E-state index in [1.165, 1.54) is 19.9 Å². The Morgan fingerprint density at radius 1 is 1.45 bits per heavy atom. The highest BCUT2D eigenvalue weighted by atomic mass is 19.3. The average Bonchev–Trinajstić information content (AvgIpc) is 2.34. The van der Waals surface area contributed by atoms with Gasteiger partial charge in [-0.05, 0) is 19.9 Å². The number of para-hydroxylation sites is 1. The van der Waals surface area contributed by atoms with Gasteiger partial charge in [-0.1, -0.05) is 6.07 Å². The van der Waals surface area contributed by atoms with Crippen molar-refractivity contribution in [1.29, 1.82) is 0 Å². The molecule has 0 saturated carbocycles. The quantitative estimate of drug-likeness (QED) is 0.666. The number of carbonyl (C=O) groups is 1. The largest absolute Gasteiger partial charge is 0.502 e. The van der Waals surface area contributed by atoms with Crippen LogP contribution in [0, 0.1) is 10.1 Å². The van der Waals surface area contributed by atoms with E-state index in [2.05, 4.69) is 0 Å². The Labute approximate surface area is 113 Å². The first-order chi connectivity index (χ1) is 9.25. The monoisotopic (exact) mass is 288 g/mol. The van der Waals surface area contributed by atoms with Gasteiger partial charge in [0.1, 0.15) is 0 Å². The van der Waals surface area contributed by atoms with Crippen LogP contribution in [0.15, 0.2) is 18.2 Å². The van der Waals surface area contributed by atoms with Gasteiger partial charge in [0, 0.05) is 12.1 Å². The molecule has 20 heavy (non-hydrogen) atoms. The van der Waals surface area contributed by atoms with Gasteiger partial charge in [-0.2, -0.15) is 0 Å². The summed E-state index contributed by atoms with van der Waals surface area (Å²) >= 11 is 0. The van der Waals surface area contributed by atoms with E-state index in [0.717, 1.165) is 17.0 Å². The number of aromatic hydroxyl groups is 1. The van der Waals surface area contributed by atoms with Crippen molar-refractivity contribution in [2.24, 2.45) is 0 Å². The van der Waals surface area contributed by atoms with Crippen molar-refractivity contribution >= 4 is 11.6 Å². The average molecular weight is 288 g/mol. The highest BCUT2D eigenvalue weighted by molar-refractivity contribution is 5.98. The number of halogens is 2. The summed E-state index contributed by atoms with van der Waals surface area (Å²) in [5.74, 6) is -1.69. The van der Waals surface area contributed by atoms with Crippen molar-refractivity contribution in [3.63, 3.8) is 0 Å². The van der Waals surface area contributed by atoms with Crippen molar-refractivity contribution in [3.8, 4) is 5.75 Å². The number of carbonyl (C=O) groups excluding carboxylic acids is 1. The molecular formula is C12H14F2N2O4. The molecule has 0 fully saturated rings. The minimum absolute atomic E-state index is 0.367. The second-order valence-corrected chi connectivity index (χ2v) is 4.37. The van der Waals surface area contributed by atoms with Gasteiger partial charge in [-0.15, -0.1) is 0 Å². The van der Waals surface area contributed by atoms with Gasteiger partial charge in [-0.25, -0.2) is 8.78 Å². The van der Waals surface area contributed by atoms with Crippen LogP contribution in [0.5, 0.6) is 5.75 Å². The van der Waals surface area contributed by atoms with Crippen LogP contribution < -0.4 is 0 Å². The van der Waals surface area contributed by atoms with Crippen molar-refractivity contribution in [1.82, 2.24) is 4.90 Å². The van der Waals surface area contributed by atoms with Crippen molar-refractivity contribution < 1.29 is 23.6 Å². The molecule has 0 radical (unpaired) electrons. The van der Waals surface area contributed by atoms with Crippen LogP contribution in [-0.2, 0) is 0 Å². The van der Waals surface area contributed by atoms with E-state index in [1.807, 2.05) is 0 Å². The molecule has 1 N–H and O–H groups in total. The normalized spacial score (nSPS) is 10.9. The first-order valence-corrected chi connectivity index (χ1v) is 5.81. The van der Waals surface area contributed by atoms with Crippen LogP contribution in [0.25, 0.3) is 0 Å². The molecule has 0 saturated heterocycles. The van der Waals surface area contributed by atoms with Crippen LogP contribution in [0.4, 0.5) is 14.5 Å². The lowest BCUT2D eigenvalue weighted by atomic mass is 10.1. The minimum atomic E-state index is -2.73. The number of phenolic OH excluding ortho intramolecular Hbond substituents is 1. The van der Waals surface area contributed by atoms with Gasteiger partial charge in [0.2, 0.25) is 5.75 Å². The number of nitro groups is 1. The molecule has 0 heterocycles. The number of rotatable bonds is 5. The first-order valence-electron chi connectivity index (χ1n) is 5.81. The third-order valence-electron chi connectivity index (χ3n) is 2.66. The lowest BCUT2D eigenvalue weighted by Crippen LogP contribution is -2.40. The molecule has 1 aromatic carbocycles. The zero-order valence-corrected chi connectivity index (χ0v) is 10.9. The molecule has 0 bridgehead atoms. The Hall–Kier alpha value is -2.25. The number of alkyl halides is 2. The fourth-order valence-corrected chi connectivity index (χ4v) is 1.68. The van der Waals surface area contributed by atoms with Crippen LogP contribution in [0.3, 0.4) is 0 Å². The maximum absolute atomic E-state index is 12.5. The third kappa shape index (κ3) is 3.40. The summed E-state index contributed by atoms with van der Waals surface area (Å²) in [6.45, 7) is 2.27. The summed E-state index contributed by atoms with van der Waals surface area (Å²) in [5, 5.41) is 20.4. The summed E-state index contributed by atoms with van der Waals surface area (Å²) in [7, 11) is 0. The number of benzene rings is 1. The van der Waals surface area contributed by atoms with Crippen LogP contribution in [-0.4, -0.2) is 39.8 Å². The summed E-state index contributed by atoms with van der Waals surface area (Å²) in [4.78, 5) is 22.8. The Bertz CT molecular complexity index is 520. The zero-order valence-electron chi connectivity index (χ0n) is 10.9. The SMILES string of the molecule is CC(C)N(CC(F)F)C(=O)c1cccc([N+](=O)[O-])c1O. The van der Waals surface area contributed by atoms with Gasteiger partial charge in [0.15, 0.2) is 0 Å². The Morgan fingerprint density at radius 3 is 2.50 bits per heavy atom. The Morgan fingerprint density at radius 2 is 2.05 bits per heavy atom. The van der Waals surface area contributed by atoms with E-state index in [9.17, 15) is 28.8 Å². The first kappa shape index (κ1) is 15.8. The molecule has 0 aliphatic rings. The number of hydrogen-bond acceptors (Lipinski definition) is 4. The second kappa shape index (κ2) is 6.27. The van der Waals surface area contributed by atoms with E-state index >= 15 is 0 Å². The smallest absolute Gasteiger partial charge is 0.311 e. The third-order valence-corrected chi connectivity index (χ3v) is 2.66. The number of nitrogens with zero attached hydrogens (tertiary/aromatic N) is 2. The highest BCUT2D eigenvalue weighted by Crippen LogP contribution is 2.30. The fraction of sp³-hybridized carbons (Fsp3) is 0.417. The zero-order chi connectivity index (χ0) is 15.4. The molecule has 0 unspecified atom stereocenters. The molecule has 1 rings (SSSR count). The van der Waals surface area contributed by atoms with Gasteiger partial charge >= 0.3 is 5.69 Å². The van der Waals surface area contributed by atoms with Crippen LogP contribution in [0.2, 0.25) is 0 Å². The summed E-state index contributed by atoms with van der Waals surface area (Å²) in [6.07, 6.45) is -2.73. The molecule has 0 aliphatic heterocycles. The van der Waals surface area contributed by atoms with E-state index in [4.69, 9.17) is 0 Å². The second-order valence-electron chi connectivity index (χ2n) is 4.37. The lowest BCUT2D eigenvalue weighted by Gasteiger charge is -2.26. The van der Waals surface area contributed by atoms with Crippen LogP contribution in [0.1, 0.15) is 24.2 Å². The van der Waals surface area contributed by atoms with E-state index in [0.29, 0.717) is 0 Å². The molecule has 1 amide bonds. The van der Waals surface area contributed by atoms with Gasteiger partial charge in [0.25, 0.3) is 12.3 Å². The Balaban J connectivity index is 3.19. The molecule has 0 atom stereocenters. The molecule has 8 heteroatoms. The molecule has 110 valence electrons. The van der Waals surface area contributed by atoms with Crippen molar-refractivity contribution in [2.75, 3.05) is 6.54 Å². The predicted octanol–water partition coefficient (Wildman–Crippen LogP) is 2.42. The van der Waals surface area contributed by atoms with Gasteiger partial charge < -0.3 is 10.0 Å². The van der Waals surface area contributed by atoms with E-state index in [1.54, 1.807) is 0 Å². The Kier molecular flexibility index (Phi) is 4.95. The molecule has 0 aliphatic carbocycles. The summed E-state index contributed by atoms with van der Waals surface area (Å²) in [5.41, 5.74) is -1.01. The molecular weight excluding hydrogens is 274 g/mol. The number of phenols is 1. The summed E-state index contributed by atoms with van der Waals surface area (Å²) in [6, 6.07) is 2.87. The maximum atomic E-state index is 12.5. The van der Waals surface area contributed by atoms with Crippen molar-refractivity contribution in [2.45, 2.75) is 26.3 Å². The topological polar surface area (TPSA) is 83.7 Å². The minimum Gasteiger partial charge on any atom is -0.502 e. The molecule has 1 aromatic rings. The van der Waals surface area contributed by atoms with E-state index in [-0.39, 0.29) is 5.56 Å². The standard InChI is InChI=1S/C12H14F2N2O4/c1-7(2)15(6-10(13)14)12(18)8-4-3-5-9(11(8)17)16(19)20/h3-5,7,10,17H,6H2,1-2H3. The van der Waals surface area contributed by atoms with Crippen molar-refractivity contribution in [3.05, 3.63) is 33.9 Å². The maximum Gasteiger partial charge on any atom is 0.311 e. The predicted molar refractivity (Wildman–Crippen MR) is 66.9 cm³/mol.